The molecule has 3 nitrogen and oxygen atoms in total. The predicted octanol–water partition coefficient (Wildman–Crippen LogP) is 2.24. The van der Waals surface area contributed by atoms with Gasteiger partial charge in [-0.15, -0.1) is 0 Å². The molecule has 15 heavy (non-hydrogen) atoms. The maximum atomic E-state index is 9.97. The molecule has 0 saturated carbocycles. The number of rotatable bonds is 3. The van der Waals surface area contributed by atoms with E-state index in [1.165, 1.54) is 0 Å². The second-order valence-corrected chi connectivity index (χ2v) is 4.03. The Hall–Kier alpha value is -1.22. The zero-order valence-electron chi connectivity index (χ0n) is 9.92. The fraction of sp³-hybridized carbons (Fsp3) is 0.500. The highest BCUT2D eigenvalue weighted by atomic mass is 16.5. The summed E-state index contributed by atoms with van der Waals surface area (Å²) in [5, 5.41) is 9.97. The summed E-state index contributed by atoms with van der Waals surface area (Å²) in [6.07, 6.45) is 0. The molecule has 1 rings (SSSR count). The highest BCUT2D eigenvalue weighted by molar-refractivity contribution is 5.51. The van der Waals surface area contributed by atoms with Crippen LogP contribution in [-0.2, 0) is 5.60 Å². The van der Waals surface area contributed by atoms with Gasteiger partial charge >= 0.3 is 0 Å². The molecule has 0 radical (unpaired) electrons. The van der Waals surface area contributed by atoms with Gasteiger partial charge in [-0.05, 0) is 32.9 Å². The Kier molecular flexibility index (Phi) is 3.25. The average molecular weight is 210 g/mol. The van der Waals surface area contributed by atoms with E-state index in [2.05, 4.69) is 0 Å². The number of hydrogen-bond acceptors (Lipinski definition) is 3. The molecule has 0 saturated heterocycles. The molecule has 84 valence electrons. The molecule has 0 spiro atoms. The first kappa shape index (κ1) is 11.9. The van der Waals surface area contributed by atoms with E-state index in [0.717, 1.165) is 16.9 Å². The molecule has 1 aromatic rings. The van der Waals surface area contributed by atoms with Gasteiger partial charge in [0.15, 0.2) is 0 Å². The van der Waals surface area contributed by atoms with Crippen molar-refractivity contribution in [3.8, 4) is 11.5 Å². The molecule has 1 aromatic carbocycles. The Balaban J connectivity index is 3.38. The first-order valence-corrected chi connectivity index (χ1v) is 4.86. The van der Waals surface area contributed by atoms with Gasteiger partial charge in [0.25, 0.3) is 0 Å². The second kappa shape index (κ2) is 4.11. The number of methoxy groups -OCH3 is 2. The molecule has 1 N–H and O–H groups in total. The van der Waals surface area contributed by atoms with Crippen molar-refractivity contribution >= 4 is 0 Å². The van der Waals surface area contributed by atoms with Crippen molar-refractivity contribution in [2.24, 2.45) is 0 Å². The molecular formula is C12H18O3. The van der Waals surface area contributed by atoms with Gasteiger partial charge in [-0.25, -0.2) is 0 Å². The van der Waals surface area contributed by atoms with E-state index >= 15 is 0 Å². The van der Waals surface area contributed by atoms with E-state index in [1.807, 2.05) is 19.1 Å². The zero-order chi connectivity index (χ0) is 11.6. The zero-order valence-corrected chi connectivity index (χ0v) is 9.92. The Labute approximate surface area is 90.6 Å². The minimum absolute atomic E-state index is 0.682. The molecule has 0 aromatic heterocycles. The van der Waals surface area contributed by atoms with Crippen molar-refractivity contribution in [2.75, 3.05) is 14.2 Å². The number of hydrogen-bond donors (Lipinski definition) is 1. The molecule has 0 bridgehead atoms. The summed E-state index contributed by atoms with van der Waals surface area (Å²) in [5.74, 6) is 1.45. The molecule has 0 aliphatic rings. The van der Waals surface area contributed by atoms with Crippen LogP contribution in [0.3, 0.4) is 0 Å². The van der Waals surface area contributed by atoms with Gasteiger partial charge in [0.1, 0.15) is 11.5 Å². The second-order valence-electron chi connectivity index (χ2n) is 4.03. The maximum Gasteiger partial charge on any atom is 0.131 e. The van der Waals surface area contributed by atoms with Gasteiger partial charge in [0.2, 0.25) is 0 Å². The quantitative estimate of drug-likeness (QED) is 0.831. The maximum absolute atomic E-state index is 9.97. The van der Waals surface area contributed by atoms with Crippen LogP contribution in [0.5, 0.6) is 11.5 Å². The van der Waals surface area contributed by atoms with E-state index in [0.29, 0.717) is 5.75 Å². The van der Waals surface area contributed by atoms with Gasteiger partial charge in [-0.1, -0.05) is 0 Å². The molecule has 0 aliphatic carbocycles. The summed E-state index contributed by atoms with van der Waals surface area (Å²) in [5.41, 5.74) is 0.755. The largest absolute Gasteiger partial charge is 0.496 e. The Morgan fingerprint density at radius 1 is 1.13 bits per heavy atom. The average Bonchev–Trinajstić information content (AvgIpc) is 2.15. The van der Waals surface area contributed by atoms with Gasteiger partial charge in [0, 0.05) is 11.1 Å². The third-order valence-corrected chi connectivity index (χ3v) is 2.44. The van der Waals surface area contributed by atoms with Gasteiger partial charge in [-0.2, -0.15) is 0 Å². The summed E-state index contributed by atoms with van der Waals surface area (Å²) in [7, 11) is 3.21. The standard InChI is InChI=1S/C12H18O3/c1-8-10(14-4)7-6-9(11(8)15-5)12(2,3)13/h6-7,13H,1-5H3. The van der Waals surface area contributed by atoms with Crippen molar-refractivity contribution in [3.05, 3.63) is 23.3 Å². The summed E-state index contributed by atoms with van der Waals surface area (Å²) in [6, 6.07) is 3.66. The summed E-state index contributed by atoms with van der Waals surface area (Å²) in [4.78, 5) is 0. The fourth-order valence-electron chi connectivity index (χ4n) is 1.64. The lowest BCUT2D eigenvalue weighted by atomic mass is 9.95. The molecule has 0 atom stereocenters. The Morgan fingerprint density at radius 2 is 1.73 bits per heavy atom. The van der Waals surface area contributed by atoms with Crippen molar-refractivity contribution in [2.45, 2.75) is 26.4 Å². The van der Waals surface area contributed by atoms with Crippen LogP contribution in [0.2, 0.25) is 0 Å². The van der Waals surface area contributed by atoms with Crippen LogP contribution in [0.1, 0.15) is 25.0 Å². The number of ether oxygens (including phenoxy) is 2. The van der Waals surface area contributed by atoms with E-state index in [4.69, 9.17) is 9.47 Å². The number of benzene rings is 1. The Bertz CT molecular complexity index is 351. The van der Waals surface area contributed by atoms with E-state index in [1.54, 1.807) is 28.1 Å². The lowest BCUT2D eigenvalue weighted by molar-refractivity contribution is 0.0754. The topological polar surface area (TPSA) is 38.7 Å². The van der Waals surface area contributed by atoms with Gasteiger partial charge < -0.3 is 14.6 Å². The minimum atomic E-state index is -0.914. The summed E-state index contributed by atoms with van der Waals surface area (Å²) in [6.45, 7) is 5.38. The highest BCUT2D eigenvalue weighted by Crippen LogP contribution is 2.36. The molecule has 0 unspecified atom stereocenters. The van der Waals surface area contributed by atoms with Gasteiger partial charge in [-0.3, -0.25) is 0 Å². The monoisotopic (exact) mass is 210 g/mol. The third kappa shape index (κ3) is 2.23. The minimum Gasteiger partial charge on any atom is -0.496 e. The predicted molar refractivity (Wildman–Crippen MR) is 59.5 cm³/mol. The SMILES string of the molecule is COc1ccc(C(C)(C)O)c(OC)c1C. The van der Waals surface area contributed by atoms with Gasteiger partial charge in [0.05, 0.1) is 19.8 Å². The number of aliphatic hydroxyl groups is 1. The van der Waals surface area contributed by atoms with Crippen molar-refractivity contribution in [3.63, 3.8) is 0 Å². The normalized spacial score (nSPS) is 11.3. The van der Waals surface area contributed by atoms with Crippen LogP contribution in [0.25, 0.3) is 0 Å². The van der Waals surface area contributed by atoms with Crippen molar-refractivity contribution < 1.29 is 14.6 Å². The van der Waals surface area contributed by atoms with Crippen LogP contribution in [-0.4, -0.2) is 19.3 Å². The van der Waals surface area contributed by atoms with E-state index in [-0.39, 0.29) is 0 Å². The molecular weight excluding hydrogens is 192 g/mol. The van der Waals surface area contributed by atoms with Crippen molar-refractivity contribution in [1.29, 1.82) is 0 Å². The molecule has 0 amide bonds. The molecule has 3 heteroatoms. The van der Waals surface area contributed by atoms with Crippen LogP contribution >= 0.6 is 0 Å². The van der Waals surface area contributed by atoms with Crippen LogP contribution < -0.4 is 9.47 Å². The smallest absolute Gasteiger partial charge is 0.131 e. The van der Waals surface area contributed by atoms with Crippen LogP contribution in [0.4, 0.5) is 0 Å². The van der Waals surface area contributed by atoms with Crippen LogP contribution in [0.15, 0.2) is 12.1 Å². The van der Waals surface area contributed by atoms with Crippen molar-refractivity contribution in [1.82, 2.24) is 0 Å². The lowest BCUT2D eigenvalue weighted by Crippen LogP contribution is -2.17. The lowest BCUT2D eigenvalue weighted by Gasteiger charge is -2.23. The fourth-order valence-corrected chi connectivity index (χ4v) is 1.64. The molecule has 0 aliphatic heterocycles. The Morgan fingerprint density at radius 3 is 2.13 bits per heavy atom. The summed E-state index contributed by atoms with van der Waals surface area (Å²) >= 11 is 0. The van der Waals surface area contributed by atoms with E-state index in [9.17, 15) is 5.11 Å². The van der Waals surface area contributed by atoms with Crippen LogP contribution in [0, 0.1) is 6.92 Å². The first-order valence-electron chi connectivity index (χ1n) is 4.86. The summed E-state index contributed by atoms with van der Waals surface area (Å²) < 4.78 is 10.5. The first-order chi connectivity index (χ1) is 6.91. The van der Waals surface area contributed by atoms with E-state index < -0.39 is 5.60 Å². The molecule has 0 heterocycles. The molecule has 0 fully saturated rings. The third-order valence-electron chi connectivity index (χ3n) is 2.44. The highest BCUT2D eigenvalue weighted by Gasteiger charge is 2.23.